The van der Waals surface area contributed by atoms with Gasteiger partial charge in [-0.25, -0.2) is 16.8 Å². The van der Waals surface area contributed by atoms with Gasteiger partial charge in [-0.05, 0) is 74.4 Å². The van der Waals surface area contributed by atoms with Crippen LogP contribution in [0.3, 0.4) is 0 Å². The van der Waals surface area contributed by atoms with Crippen LogP contribution in [0.5, 0.6) is 0 Å². The van der Waals surface area contributed by atoms with Crippen LogP contribution < -0.4 is 9.62 Å². The number of piperidine rings is 1. The van der Waals surface area contributed by atoms with Crippen LogP contribution >= 0.6 is 0 Å². The maximum absolute atomic E-state index is 13.5. The van der Waals surface area contributed by atoms with Gasteiger partial charge in [0, 0.05) is 18.8 Å². The van der Waals surface area contributed by atoms with E-state index in [2.05, 4.69) is 5.32 Å². The van der Waals surface area contributed by atoms with Crippen LogP contribution in [0.4, 0.5) is 24.5 Å². The zero-order valence-corrected chi connectivity index (χ0v) is 23.2. The van der Waals surface area contributed by atoms with E-state index < -0.39 is 44.2 Å². The molecule has 1 N–H and O–H groups in total. The molecule has 40 heavy (non-hydrogen) atoms. The summed E-state index contributed by atoms with van der Waals surface area (Å²) in [6.45, 7) is 1.78. The molecule has 3 aromatic rings. The highest BCUT2D eigenvalue weighted by Crippen LogP contribution is 2.33. The highest BCUT2D eigenvalue weighted by Gasteiger charge is 2.33. The Morgan fingerprint density at radius 1 is 0.875 bits per heavy atom. The van der Waals surface area contributed by atoms with E-state index in [1.807, 2.05) is 0 Å². The average Bonchev–Trinajstić information content (AvgIpc) is 2.92. The predicted octanol–water partition coefficient (Wildman–Crippen LogP) is 5.02. The van der Waals surface area contributed by atoms with Gasteiger partial charge in [0.1, 0.15) is 6.54 Å². The van der Waals surface area contributed by atoms with Gasteiger partial charge in [0.15, 0.2) is 0 Å². The molecular weight excluding hydrogens is 567 g/mol. The van der Waals surface area contributed by atoms with Gasteiger partial charge in [0.05, 0.1) is 21.0 Å². The first-order chi connectivity index (χ1) is 18.8. The smallest absolute Gasteiger partial charge is 0.325 e. The quantitative estimate of drug-likeness (QED) is 0.394. The number of halogens is 3. The number of hydrogen-bond donors (Lipinski definition) is 1. The van der Waals surface area contributed by atoms with Crippen molar-refractivity contribution in [2.45, 2.75) is 42.2 Å². The molecule has 13 heteroatoms. The maximum Gasteiger partial charge on any atom is 0.416 e. The summed E-state index contributed by atoms with van der Waals surface area (Å²) in [6.07, 6.45) is -2.20. The number of nitrogens with zero attached hydrogens (tertiary/aromatic N) is 2. The predicted molar refractivity (Wildman–Crippen MR) is 145 cm³/mol. The Bertz CT molecular complexity index is 1570. The number of anilines is 2. The third kappa shape index (κ3) is 6.65. The van der Waals surface area contributed by atoms with Crippen molar-refractivity contribution in [1.29, 1.82) is 0 Å². The van der Waals surface area contributed by atoms with Gasteiger partial charge in [-0.15, -0.1) is 0 Å². The Morgan fingerprint density at radius 2 is 1.48 bits per heavy atom. The van der Waals surface area contributed by atoms with Crippen LogP contribution in [0.2, 0.25) is 0 Å². The van der Waals surface area contributed by atoms with Crippen LogP contribution in [0, 0.1) is 6.92 Å². The van der Waals surface area contributed by atoms with Gasteiger partial charge >= 0.3 is 6.18 Å². The second-order valence-electron chi connectivity index (χ2n) is 9.41. The van der Waals surface area contributed by atoms with Crippen molar-refractivity contribution < 1.29 is 34.8 Å². The van der Waals surface area contributed by atoms with Gasteiger partial charge in [0.25, 0.3) is 10.0 Å². The van der Waals surface area contributed by atoms with Crippen LogP contribution in [0.25, 0.3) is 0 Å². The van der Waals surface area contributed by atoms with Crippen LogP contribution in [-0.4, -0.2) is 46.7 Å². The summed E-state index contributed by atoms with van der Waals surface area (Å²) in [5, 5.41) is 2.50. The minimum Gasteiger partial charge on any atom is -0.325 e. The van der Waals surface area contributed by atoms with Crippen molar-refractivity contribution in [2.24, 2.45) is 0 Å². The molecule has 0 aromatic heterocycles. The van der Waals surface area contributed by atoms with Crippen LogP contribution in [-0.2, 0) is 31.0 Å². The van der Waals surface area contributed by atoms with E-state index in [1.165, 1.54) is 58.9 Å². The van der Waals surface area contributed by atoms with E-state index in [0.717, 1.165) is 37.0 Å². The highest BCUT2D eigenvalue weighted by molar-refractivity contribution is 7.92. The number of sulfonamides is 2. The van der Waals surface area contributed by atoms with Crippen molar-refractivity contribution >= 4 is 37.3 Å². The van der Waals surface area contributed by atoms with Crippen molar-refractivity contribution in [3.05, 3.63) is 83.9 Å². The summed E-state index contributed by atoms with van der Waals surface area (Å²) < 4.78 is 94.9. The second-order valence-corrected chi connectivity index (χ2v) is 13.2. The van der Waals surface area contributed by atoms with Crippen molar-refractivity contribution in [3.63, 3.8) is 0 Å². The van der Waals surface area contributed by atoms with Crippen molar-refractivity contribution in [2.75, 3.05) is 29.3 Å². The van der Waals surface area contributed by atoms with E-state index in [1.54, 1.807) is 6.92 Å². The van der Waals surface area contributed by atoms with Gasteiger partial charge in [-0.3, -0.25) is 9.10 Å². The molecule has 214 valence electrons. The largest absolute Gasteiger partial charge is 0.416 e. The van der Waals surface area contributed by atoms with Gasteiger partial charge in [0.2, 0.25) is 15.9 Å². The van der Waals surface area contributed by atoms with E-state index in [4.69, 9.17) is 0 Å². The molecule has 0 saturated carbocycles. The summed E-state index contributed by atoms with van der Waals surface area (Å²) in [5.74, 6) is -0.834. The molecule has 3 aromatic carbocycles. The lowest BCUT2D eigenvalue weighted by atomic mass is 10.2. The van der Waals surface area contributed by atoms with Crippen molar-refractivity contribution in [3.8, 4) is 0 Å². The highest BCUT2D eigenvalue weighted by atomic mass is 32.2. The third-order valence-electron chi connectivity index (χ3n) is 6.45. The van der Waals surface area contributed by atoms with E-state index in [-0.39, 0.29) is 21.2 Å². The molecule has 0 bridgehead atoms. The molecule has 0 unspecified atom stereocenters. The summed E-state index contributed by atoms with van der Waals surface area (Å²) >= 11 is 0. The molecule has 0 spiro atoms. The molecule has 0 aliphatic carbocycles. The zero-order valence-electron chi connectivity index (χ0n) is 21.6. The summed E-state index contributed by atoms with van der Waals surface area (Å²) in [4.78, 5) is 12.8. The summed E-state index contributed by atoms with van der Waals surface area (Å²) in [6, 6.07) is 14.8. The number of benzene rings is 3. The van der Waals surface area contributed by atoms with Gasteiger partial charge in [-0.1, -0.05) is 30.2 Å². The molecule has 4 rings (SSSR count). The fourth-order valence-corrected chi connectivity index (χ4v) is 7.22. The number of alkyl halides is 3. The SMILES string of the molecule is Cc1ccc(S(=O)(=O)N(CC(=O)Nc2ccc(S(=O)(=O)N3CCCCC3)cc2)c2cccc(C(F)(F)F)c2)cc1. The fraction of sp³-hybridized carbons (Fsp3) is 0.296. The average molecular weight is 596 g/mol. The van der Waals surface area contributed by atoms with E-state index >= 15 is 0 Å². The maximum atomic E-state index is 13.5. The molecule has 1 saturated heterocycles. The lowest BCUT2D eigenvalue weighted by Gasteiger charge is -2.26. The lowest BCUT2D eigenvalue weighted by Crippen LogP contribution is -2.38. The van der Waals surface area contributed by atoms with Crippen LogP contribution in [0.1, 0.15) is 30.4 Å². The fourth-order valence-electron chi connectivity index (χ4n) is 4.29. The Hall–Kier alpha value is -3.42. The Labute approximate surface area is 231 Å². The Morgan fingerprint density at radius 3 is 2.08 bits per heavy atom. The molecule has 1 heterocycles. The first kappa shape index (κ1) is 29.6. The number of rotatable bonds is 8. The summed E-state index contributed by atoms with van der Waals surface area (Å²) in [5.41, 5.74) is -0.444. The molecule has 1 amide bonds. The monoisotopic (exact) mass is 595 g/mol. The first-order valence-electron chi connectivity index (χ1n) is 12.5. The number of carbonyl (C=O) groups excluding carboxylic acids is 1. The Balaban J connectivity index is 1.59. The molecule has 1 fully saturated rings. The molecule has 0 atom stereocenters. The number of amides is 1. The second kappa shape index (κ2) is 11.6. The van der Waals surface area contributed by atoms with Gasteiger partial charge in [-0.2, -0.15) is 17.5 Å². The minimum atomic E-state index is -4.73. The van der Waals surface area contributed by atoms with Crippen molar-refractivity contribution in [1.82, 2.24) is 4.31 Å². The molecule has 1 aliphatic heterocycles. The molecule has 1 aliphatic rings. The molecule has 0 radical (unpaired) electrons. The number of aryl methyl sites for hydroxylation is 1. The number of carbonyl (C=O) groups is 1. The molecule has 8 nitrogen and oxygen atoms in total. The van der Waals surface area contributed by atoms with Gasteiger partial charge < -0.3 is 5.32 Å². The summed E-state index contributed by atoms with van der Waals surface area (Å²) in [7, 11) is -8.13. The van der Waals surface area contributed by atoms with Crippen LogP contribution in [0.15, 0.2) is 82.6 Å². The standard InChI is InChI=1S/C27H28F3N3O5S2/c1-20-8-12-25(13-9-20)40(37,38)33(23-7-5-6-21(18-23)27(28,29)30)19-26(34)31-22-10-14-24(15-11-22)39(35,36)32-16-3-2-4-17-32/h5-15,18H,2-4,16-17,19H2,1H3,(H,31,34). The minimum absolute atomic E-state index is 0.0555. The molecular formula is C27H28F3N3O5S2. The lowest BCUT2D eigenvalue weighted by molar-refractivity contribution is -0.137. The number of hydrogen-bond acceptors (Lipinski definition) is 5. The zero-order chi connectivity index (χ0) is 29.1. The Kier molecular flexibility index (Phi) is 8.57. The topological polar surface area (TPSA) is 104 Å². The first-order valence-corrected chi connectivity index (χ1v) is 15.3. The van der Waals surface area contributed by atoms with E-state index in [9.17, 15) is 34.8 Å². The normalized spacial score (nSPS) is 15.0. The number of nitrogens with one attached hydrogen (secondary N) is 1. The van der Waals surface area contributed by atoms with E-state index in [0.29, 0.717) is 23.5 Å². The third-order valence-corrected chi connectivity index (χ3v) is 10.1.